The third-order valence-electron chi connectivity index (χ3n) is 4.92. The van der Waals surface area contributed by atoms with Crippen LogP contribution in [0.5, 0.6) is 0 Å². The standard InChI is InChI=1S/C26H36N4O3/c1-6-14-30(15-7-2)24(32)19-10-8-12-21(16-19)28-23(31)18-27-20-11-9-13-22(17-20)29-25(33)26(3,4)5/h8-13,16-17,27H,6-7,14-15,18H2,1-5H3,(H,28,31)(H,29,33). The molecule has 0 aliphatic carbocycles. The van der Waals surface area contributed by atoms with E-state index in [0.717, 1.165) is 18.5 Å². The van der Waals surface area contributed by atoms with Gasteiger partial charge >= 0.3 is 0 Å². The third kappa shape index (κ3) is 8.25. The number of rotatable bonds is 10. The topological polar surface area (TPSA) is 90.5 Å². The highest BCUT2D eigenvalue weighted by molar-refractivity contribution is 5.98. The molecule has 0 bridgehead atoms. The molecule has 2 aromatic rings. The molecule has 0 aromatic heterocycles. The molecule has 0 spiro atoms. The number of anilines is 3. The molecule has 33 heavy (non-hydrogen) atoms. The first-order chi connectivity index (χ1) is 15.6. The summed E-state index contributed by atoms with van der Waals surface area (Å²) in [5.41, 5.74) is 2.02. The van der Waals surface area contributed by atoms with E-state index in [1.807, 2.05) is 51.7 Å². The van der Waals surface area contributed by atoms with Crippen LogP contribution >= 0.6 is 0 Å². The van der Waals surface area contributed by atoms with Crippen LogP contribution in [0.2, 0.25) is 0 Å². The van der Waals surface area contributed by atoms with E-state index >= 15 is 0 Å². The lowest BCUT2D eigenvalue weighted by atomic mass is 9.95. The van der Waals surface area contributed by atoms with E-state index in [1.54, 1.807) is 36.4 Å². The second kappa shape index (κ2) is 12.0. The van der Waals surface area contributed by atoms with Crippen molar-refractivity contribution in [3.8, 4) is 0 Å². The zero-order valence-electron chi connectivity index (χ0n) is 20.3. The summed E-state index contributed by atoms with van der Waals surface area (Å²) in [6.45, 7) is 11.1. The molecule has 0 saturated heterocycles. The largest absolute Gasteiger partial charge is 0.376 e. The van der Waals surface area contributed by atoms with Crippen LogP contribution in [0.1, 0.15) is 57.8 Å². The zero-order chi connectivity index (χ0) is 24.4. The highest BCUT2D eigenvalue weighted by atomic mass is 16.2. The van der Waals surface area contributed by atoms with Gasteiger partial charge in [0, 0.05) is 41.1 Å². The number of hydrogen-bond donors (Lipinski definition) is 3. The van der Waals surface area contributed by atoms with E-state index < -0.39 is 5.41 Å². The summed E-state index contributed by atoms with van der Waals surface area (Å²) in [4.78, 5) is 39.3. The molecule has 0 aliphatic heterocycles. The van der Waals surface area contributed by atoms with Crippen molar-refractivity contribution in [2.75, 3.05) is 35.6 Å². The maximum Gasteiger partial charge on any atom is 0.253 e. The van der Waals surface area contributed by atoms with E-state index in [4.69, 9.17) is 0 Å². The van der Waals surface area contributed by atoms with Gasteiger partial charge in [-0.25, -0.2) is 0 Å². The van der Waals surface area contributed by atoms with Gasteiger partial charge in [-0.2, -0.15) is 0 Å². The second-order valence-electron chi connectivity index (χ2n) is 9.06. The Hall–Kier alpha value is -3.35. The van der Waals surface area contributed by atoms with Crippen LogP contribution in [-0.4, -0.2) is 42.3 Å². The number of nitrogens with one attached hydrogen (secondary N) is 3. The fourth-order valence-electron chi connectivity index (χ4n) is 3.18. The smallest absolute Gasteiger partial charge is 0.253 e. The molecule has 2 aromatic carbocycles. The third-order valence-corrected chi connectivity index (χ3v) is 4.92. The molecule has 0 saturated carbocycles. The van der Waals surface area contributed by atoms with Gasteiger partial charge < -0.3 is 20.9 Å². The molecule has 2 rings (SSSR count). The van der Waals surface area contributed by atoms with Gasteiger partial charge in [0.15, 0.2) is 0 Å². The highest BCUT2D eigenvalue weighted by Gasteiger charge is 2.21. The van der Waals surface area contributed by atoms with E-state index in [9.17, 15) is 14.4 Å². The van der Waals surface area contributed by atoms with Gasteiger partial charge in [-0.15, -0.1) is 0 Å². The molecule has 7 nitrogen and oxygen atoms in total. The van der Waals surface area contributed by atoms with Crippen LogP contribution in [0, 0.1) is 5.41 Å². The lowest BCUT2D eigenvalue weighted by molar-refractivity contribution is -0.123. The van der Waals surface area contributed by atoms with Gasteiger partial charge in [-0.3, -0.25) is 14.4 Å². The maximum absolute atomic E-state index is 12.8. The first-order valence-corrected chi connectivity index (χ1v) is 11.5. The number of amides is 3. The quantitative estimate of drug-likeness (QED) is 0.474. The van der Waals surface area contributed by atoms with Gasteiger partial charge in [0.25, 0.3) is 5.91 Å². The molecule has 0 fully saturated rings. The van der Waals surface area contributed by atoms with Gasteiger partial charge in [0.2, 0.25) is 11.8 Å². The van der Waals surface area contributed by atoms with E-state index in [-0.39, 0.29) is 24.3 Å². The molecular weight excluding hydrogens is 416 g/mol. The molecule has 7 heteroatoms. The molecule has 0 radical (unpaired) electrons. The molecule has 0 aliphatic rings. The molecule has 0 atom stereocenters. The second-order valence-corrected chi connectivity index (χ2v) is 9.06. The van der Waals surface area contributed by atoms with Crippen LogP contribution in [0.15, 0.2) is 48.5 Å². The summed E-state index contributed by atoms with van der Waals surface area (Å²) in [6.07, 6.45) is 1.80. The van der Waals surface area contributed by atoms with Gasteiger partial charge in [-0.05, 0) is 49.2 Å². The summed E-state index contributed by atoms with van der Waals surface area (Å²) >= 11 is 0. The fourth-order valence-corrected chi connectivity index (χ4v) is 3.18. The lowest BCUT2D eigenvalue weighted by Gasteiger charge is -2.21. The van der Waals surface area contributed by atoms with Crippen LogP contribution < -0.4 is 16.0 Å². The molecule has 3 amide bonds. The zero-order valence-corrected chi connectivity index (χ0v) is 20.3. The summed E-state index contributed by atoms with van der Waals surface area (Å²) in [7, 11) is 0. The summed E-state index contributed by atoms with van der Waals surface area (Å²) in [5.74, 6) is -0.340. The average molecular weight is 453 g/mol. The Labute approximate surface area is 196 Å². The fraction of sp³-hybridized carbons (Fsp3) is 0.423. The number of benzene rings is 2. The SMILES string of the molecule is CCCN(CCC)C(=O)c1cccc(NC(=O)CNc2cccc(NC(=O)C(C)(C)C)c2)c1. The first kappa shape index (κ1) is 25.9. The van der Waals surface area contributed by atoms with E-state index in [0.29, 0.717) is 30.0 Å². The number of carbonyl (C=O) groups excluding carboxylic acids is 3. The number of hydrogen-bond acceptors (Lipinski definition) is 4. The summed E-state index contributed by atoms with van der Waals surface area (Å²) in [6, 6.07) is 14.2. The Morgan fingerprint density at radius 2 is 1.39 bits per heavy atom. The summed E-state index contributed by atoms with van der Waals surface area (Å²) < 4.78 is 0. The average Bonchev–Trinajstić information content (AvgIpc) is 2.77. The van der Waals surface area contributed by atoms with Crippen molar-refractivity contribution < 1.29 is 14.4 Å². The van der Waals surface area contributed by atoms with Crippen molar-refractivity contribution in [1.29, 1.82) is 0 Å². The minimum Gasteiger partial charge on any atom is -0.376 e. The van der Waals surface area contributed by atoms with E-state index in [2.05, 4.69) is 16.0 Å². The Morgan fingerprint density at radius 1 is 0.818 bits per heavy atom. The Bertz CT molecular complexity index is 960. The van der Waals surface area contributed by atoms with Gasteiger partial charge in [0.05, 0.1) is 6.54 Å². The van der Waals surface area contributed by atoms with Crippen molar-refractivity contribution >= 4 is 34.8 Å². The van der Waals surface area contributed by atoms with Crippen molar-refractivity contribution in [2.45, 2.75) is 47.5 Å². The first-order valence-electron chi connectivity index (χ1n) is 11.5. The normalized spacial score (nSPS) is 10.9. The molecule has 3 N–H and O–H groups in total. The Morgan fingerprint density at radius 3 is 2.00 bits per heavy atom. The van der Waals surface area contributed by atoms with E-state index in [1.165, 1.54) is 0 Å². The summed E-state index contributed by atoms with van der Waals surface area (Å²) in [5, 5.41) is 8.78. The lowest BCUT2D eigenvalue weighted by Crippen LogP contribution is -2.32. The highest BCUT2D eigenvalue weighted by Crippen LogP contribution is 2.20. The van der Waals surface area contributed by atoms with Crippen molar-refractivity contribution in [1.82, 2.24) is 4.90 Å². The predicted octanol–water partition coefficient (Wildman–Crippen LogP) is 4.98. The molecule has 0 unspecified atom stereocenters. The molecular formula is C26H36N4O3. The van der Waals surface area contributed by atoms with Crippen LogP contribution in [0.3, 0.4) is 0 Å². The minimum atomic E-state index is -0.497. The molecule has 178 valence electrons. The van der Waals surface area contributed by atoms with Crippen molar-refractivity contribution in [3.05, 3.63) is 54.1 Å². The Kier molecular flexibility index (Phi) is 9.45. The van der Waals surface area contributed by atoms with Crippen LogP contribution in [0.25, 0.3) is 0 Å². The van der Waals surface area contributed by atoms with Crippen molar-refractivity contribution in [3.63, 3.8) is 0 Å². The van der Waals surface area contributed by atoms with Crippen LogP contribution in [-0.2, 0) is 9.59 Å². The minimum absolute atomic E-state index is 0.0259. The predicted molar refractivity (Wildman–Crippen MR) is 135 cm³/mol. The van der Waals surface area contributed by atoms with Gasteiger partial charge in [0.1, 0.15) is 0 Å². The molecule has 0 heterocycles. The van der Waals surface area contributed by atoms with Crippen molar-refractivity contribution in [2.24, 2.45) is 5.41 Å². The van der Waals surface area contributed by atoms with Crippen LogP contribution in [0.4, 0.5) is 17.1 Å². The van der Waals surface area contributed by atoms with Gasteiger partial charge in [-0.1, -0.05) is 46.8 Å². The maximum atomic E-state index is 12.8. The number of carbonyl (C=O) groups is 3. The Balaban J connectivity index is 1.96. The number of nitrogens with zero attached hydrogens (tertiary/aromatic N) is 1. The monoisotopic (exact) mass is 452 g/mol.